The maximum atomic E-state index is 11.5. The first-order valence-corrected chi connectivity index (χ1v) is 7.93. The van der Waals surface area contributed by atoms with Crippen LogP contribution in [0, 0.1) is 0 Å². The van der Waals surface area contributed by atoms with Gasteiger partial charge in [0.15, 0.2) is 0 Å². The average Bonchev–Trinajstić information content (AvgIpc) is 2.93. The maximum absolute atomic E-state index is 11.5. The van der Waals surface area contributed by atoms with E-state index in [2.05, 4.69) is 11.5 Å². The van der Waals surface area contributed by atoms with Crippen molar-refractivity contribution in [1.82, 2.24) is 5.48 Å². The number of thioether (sulfide) groups is 1. The Labute approximate surface area is 120 Å². The summed E-state index contributed by atoms with van der Waals surface area (Å²) in [7, 11) is 0. The summed E-state index contributed by atoms with van der Waals surface area (Å²) >= 11 is 3.29. The summed E-state index contributed by atoms with van der Waals surface area (Å²) in [4.78, 5) is 17.9. The highest BCUT2D eigenvalue weighted by atomic mass is 32.2. The van der Waals surface area contributed by atoms with E-state index in [0.29, 0.717) is 12.4 Å². The summed E-state index contributed by atoms with van der Waals surface area (Å²) in [5.41, 5.74) is 3.49. The molecule has 1 N–H and O–H groups in total. The Kier molecular flexibility index (Phi) is 5.94. The zero-order chi connectivity index (χ0) is 13.3. The number of hydrogen-bond acceptors (Lipinski definition) is 4. The van der Waals surface area contributed by atoms with Crippen molar-refractivity contribution in [1.29, 1.82) is 0 Å². The Morgan fingerprint density at radius 1 is 1.21 bits per heavy atom. The minimum absolute atomic E-state index is 0.0995. The lowest BCUT2D eigenvalue weighted by Crippen LogP contribution is -2.25. The van der Waals surface area contributed by atoms with Crippen LogP contribution in [0.5, 0.6) is 0 Å². The predicted molar refractivity (Wildman–Crippen MR) is 79.9 cm³/mol. The van der Waals surface area contributed by atoms with Gasteiger partial charge in [0.05, 0.1) is 12.4 Å². The first kappa shape index (κ1) is 14.1. The van der Waals surface area contributed by atoms with Crippen LogP contribution in [0.2, 0.25) is 0 Å². The Hall–Kier alpha value is -1.30. The van der Waals surface area contributed by atoms with Crippen LogP contribution in [-0.4, -0.2) is 11.7 Å². The second kappa shape index (κ2) is 7.99. The highest BCUT2D eigenvalue weighted by molar-refractivity contribution is 7.99. The van der Waals surface area contributed by atoms with Gasteiger partial charge in [0.1, 0.15) is 0 Å². The van der Waals surface area contributed by atoms with E-state index in [-0.39, 0.29) is 5.91 Å². The van der Waals surface area contributed by atoms with E-state index in [1.165, 1.54) is 4.88 Å². The standard InChI is InChI=1S/C14H15NO2S2/c16-14(11-18-10-13-7-4-8-19-13)15-17-9-12-5-2-1-3-6-12/h1-8H,9-11H2,(H,15,16). The van der Waals surface area contributed by atoms with Crippen LogP contribution in [-0.2, 0) is 22.0 Å². The number of thiophene rings is 1. The van der Waals surface area contributed by atoms with Gasteiger partial charge in [-0.15, -0.1) is 23.1 Å². The highest BCUT2D eigenvalue weighted by Crippen LogP contribution is 2.16. The molecule has 0 saturated heterocycles. The highest BCUT2D eigenvalue weighted by Gasteiger charge is 2.02. The number of rotatable bonds is 7. The van der Waals surface area contributed by atoms with Crippen LogP contribution in [0.4, 0.5) is 0 Å². The van der Waals surface area contributed by atoms with Gasteiger partial charge >= 0.3 is 0 Å². The molecule has 0 radical (unpaired) electrons. The fourth-order valence-corrected chi connectivity index (χ4v) is 3.10. The van der Waals surface area contributed by atoms with Crippen molar-refractivity contribution in [2.75, 3.05) is 5.75 Å². The quantitative estimate of drug-likeness (QED) is 0.797. The molecule has 0 unspecified atom stereocenters. The summed E-state index contributed by atoms with van der Waals surface area (Å²) in [5, 5.41) is 2.04. The normalized spacial score (nSPS) is 10.3. The smallest absolute Gasteiger partial charge is 0.253 e. The molecular weight excluding hydrogens is 278 g/mol. The lowest BCUT2D eigenvalue weighted by Gasteiger charge is -2.05. The van der Waals surface area contributed by atoms with Crippen molar-refractivity contribution in [3.8, 4) is 0 Å². The molecule has 2 aromatic rings. The van der Waals surface area contributed by atoms with Crippen molar-refractivity contribution in [2.45, 2.75) is 12.4 Å². The molecule has 5 heteroatoms. The minimum Gasteiger partial charge on any atom is -0.272 e. The molecule has 1 amide bonds. The number of hydroxylamine groups is 1. The van der Waals surface area contributed by atoms with Crippen LogP contribution in [0.1, 0.15) is 10.4 Å². The SMILES string of the molecule is O=C(CSCc1cccs1)NOCc1ccccc1. The van der Waals surface area contributed by atoms with E-state index in [4.69, 9.17) is 4.84 Å². The van der Waals surface area contributed by atoms with Crippen molar-refractivity contribution >= 4 is 29.0 Å². The average molecular weight is 293 g/mol. The van der Waals surface area contributed by atoms with Crippen LogP contribution in [0.15, 0.2) is 47.8 Å². The van der Waals surface area contributed by atoms with E-state index in [0.717, 1.165) is 11.3 Å². The molecule has 0 bridgehead atoms. The third-order valence-corrected chi connectivity index (χ3v) is 4.37. The van der Waals surface area contributed by atoms with Gasteiger partial charge in [-0.3, -0.25) is 9.63 Å². The number of nitrogens with one attached hydrogen (secondary N) is 1. The molecule has 0 aliphatic rings. The fourth-order valence-electron chi connectivity index (χ4n) is 1.44. The summed E-state index contributed by atoms with van der Waals surface area (Å²) in [6, 6.07) is 13.8. The van der Waals surface area contributed by atoms with Crippen LogP contribution >= 0.6 is 23.1 Å². The summed E-state index contributed by atoms with van der Waals surface area (Å²) in [5.74, 6) is 1.17. The molecule has 0 atom stereocenters. The van der Waals surface area contributed by atoms with Gasteiger partial charge in [0, 0.05) is 10.6 Å². The molecule has 1 aromatic carbocycles. The molecule has 0 saturated carbocycles. The Balaban J connectivity index is 1.57. The first-order valence-electron chi connectivity index (χ1n) is 5.89. The largest absolute Gasteiger partial charge is 0.272 e. The second-order valence-corrected chi connectivity index (χ2v) is 5.89. The van der Waals surface area contributed by atoms with Gasteiger partial charge in [-0.2, -0.15) is 0 Å². The number of benzene rings is 1. The monoisotopic (exact) mass is 293 g/mol. The van der Waals surface area contributed by atoms with Crippen LogP contribution < -0.4 is 5.48 Å². The zero-order valence-electron chi connectivity index (χ0n) is 10.4. The predicted octanol–water partition coefficient (Wildman–Crippen LogP) is 3.23. The molecule has 1 heterocycles. The van der Waals surface area contributed by atoms with Gasteiger partial charge < -0.3 is 0 Å². The maximum Gasteiger partial charge on any atom is 0.253 e. The van der Waals surface area contributed by atoms with E-state index < -0.39 is 0 Å². The van der Waals surface area contributed by atoms with E-state index in [1.54, 1.807) is 23.1 Å². The molecule has 1 aromatic heterocycles. The molecule has 2 rings (SSSR count). The lowest BCUT2D eigenvalue weighted by atomic mass is 10.2. The lowest BCUT2D eigenvalue weighted by molar-refractivity contribution is -0.131. The topological polar surface area (TPSA) is 38.3 Å². The number of amides is 1. The third kappa shape index (κ3) is 5.46. The van der Waals surface area contributed by atoms with Gasteiger partial charge in [0.25, 0.3) is 5.91 Å². The van der Waals surface area contributed by atoms with E-state index in [1.807, 2.05) is 41.8 Å². The minimum atomic E-state index is -0.0995. The molecule has 0 spiro atoms. The van der Waals surface area contributed by atoms with Gasteiger partial charge in [-0.25, -0.2) is 5.48 Å². The molecule has 3 nitrogen and oxygen atoms in total. The fraction of sp³-hybridized carbons (Fsp3) is 0.214. The molecular formula is C14H15NO2S2. The molecule has 100 valence electrons. The van der Waals surface area contributed by atoms with Crippen LogP contribution in [0.25, 0.3) is 0 Å². The number of carbonyl (C=O) groups excluding carboxylic acids is 1. The van der Waals surface area contributed by atoms with Crippen molar-refractivity contribution in [3.63, 3.8) is 0 Å². The second-order valence-electron chi connectivity index (χ2n) is 3.87. The molecule has 0 aliphatic heterocycles. The Morgan fingerprint density at radius 3 is 2.79 bits per heavy atom. The zero-order valence-corrected chi connectivity index (χ0v) is 12.0. The van der Waals surface area contributed by atoms with Crippen LogP contribution in [0.3, 0.4) is 0 Å². The summed E-state index contributed by atoms with van der Waals surface area (Å²) in [6.45, 7) is 0.391. The molecule has 19 heavy (non-hydrogen) atoms. The Morgan fingerprint density at radius 2 is 2.05 bits per heavy atom. The first-order chi connectivity index (χ1) is 9.34. The number of carbonyl (C=O) groups is 1. The molecule has 0 fully saturated rings. The summed E-state index contributed by atoms with van der Waals surface area (Å²) in [6.07, 6.45) is 0. The Bertz CT molecular complexity index is 485. The van der Waals surface area contributed by atoms with E-state index in [9.17, 15) is 4.79 Å². The van der Waals surface area contributed by atoms with Crippen molar-refractivity contribution < 1.29 is 9.63 Å². The number of hydrogen-bond donors (Lipinski definition) is 1. The third-order valence-electron chi connectivity index (χ3n) is 2.33. The molecule has 0 aliphatic carbocycles. The van der Waals surface area contributed by atoms with Gasteiger partial charge in [0.2, 0.25) is 0 Å². The van der Waals surface area contributed by atoms with Crippen molar-refractivity contribution in [3.05, 3.63) is 58.3 Å². The van der Waals surface area contributed by atoms with E-state index >= 15 is 0 Å². The van der Waals surface area contributed by atoms with Gasteiger partial charge in [-0.1, -0.05) is 36.4 Å². The van der Waals surface area contributed by atoms with Gasteiger partial charge in [-0.05, 0) is 17.0 Å². The summed E-state index contributed by atoms with van der Waals surface area (Å²) < 4.78 is 0. The van der Waals surface area contributed by atoms with Crippen molar-refractivity contribution in [2.24, 2.45) is 0 Å².